The fourth-order valence-corrected chi connectivity index (χ4v) is 8.63. The molecule has 11 nitrogen and oxygen atoms in total. The monoisotopic (exact) mass is 886 g/mol. The van der Waals surface area contributed by atoms with Crippen LogP contribution in [0.15, 0.2) is 150 Å². The van der Waals surface area contributed by atoms with Gasteiger partial charge in [-0.25, -0.2) is 12.8 Å². The lowest BCUT2D eigenvalue weighted by molar-refractivity contribution is -0.147. The molecular formula is C51H55FN4O7S. The molecule has 0 radical (unpaired) electrons. The topological polar surface area (TPSA) is 131 Å². The molecule has 1 heterocycles. The van der Waals surface area contributed by atoms with Crippen LogP contribution in [0.2, 0.25) is 0 Å². The second-order valence-corrected chi connectivity index (χ2v) is 18.3. The molecule has 0 aliphatic carbocycles. The predicted octanol–water partition coefficient (Wildman–Crippen LogP) is 9.13. The summed E-state index contributed by atoms with van der Waals surface area (Å²) in [5.74, 6) is -1.46. The highest BCUT2D eigenvalue weighted by atomic mass is 32.2. The van der Waals surface area contributed by atoms with Crippen molar-refractivity contribution < 1.29 is 37.3 Å². The van der Waals surface area contributed by atoms with Gasteiger partial charge in [0.1, 0.15) is 11.6 Å². The molecule has 1 aliphatic rings. The van der Waals surface area contributed by atoms with Gasteiger partial charge < -0.3 is 19.8 Å². The van der Waals surface area contributed by atoms with Gasteiger partial charge in [0.25, 0.3) is 10.0 Å². The van der Waals surface area contributed by atoms with Crippen molar-refractivity contribution in [1.29, 1.82) is 0 Å². The molecule has 334 valence electrons. The van der Waals surface area contributed by atoms with Crippen LogP contribution in [0, 0.1) is 11.7 Å². The van der Waals surface area contributed by atoms with E-state index >= 15 is 0 Å². The summed E-state index contributed by atoms with van der Waals surface area (Å²) < 4.78 is 45.9. The maximum absolute atomic E-state index is 13.3. The normalized spacial score (nSPS) is 12.9. The maximum atomic E-state index is 13.3. The number of rotatable bonds is 17. The van der Waals surface area contributed by atoms with Gasteiger partial charge in [0, 0.05) is 57.6 Å². The Morgan fingerprint density at radius 2 is 1.20 bits per heavy atom. The quantitative estimate of drug-likeness (QED) is 0.0915. The minimum Gasteiger partial charge on any atom is -0.497 e. The number of hydrogen-bond donors (Lipinski definition) is 2. The van der Waals surface area contributed by atoms with Crippen LogP contribution in [-0.2, 0) is 39.2 Å². The van der Waals surface area contributed by atoms with Crippen molar-refractivity contribution in [3.63, 3.8) is 0 Å². The summed E-state index contributed by atoms with van der Waals surface area (Å²) >= 11 is 0. The zero-order chi connectivity index (χ0) is 46.0. The summed E-state index contributed by atoms with van der Waals surface area (Å²) in [5, 5.41) is 17.9. The summed E-state index contributed by atoms with van der Waals surface area (Å²) in [6.45, 7) is 7.51. The van der Waals surface area contributed by atoms with Gasteiger partial charge in [-0.3, -0.25) is 23.7 Å². The van der Waals surface area contributed by atoms with Crippen molar-refractivity contribution in [2.24, 2.45) is 5.92 Å². The molecule has 7 rings (SSSR count). The fourth-order valence-electron chi connectivity index (χ4n) is 7.44. The Morgan fingerprint density at radius 3 is 1.69 bits per heavy atom. The van der Waals surface area contributed by atoms with E-state index in [0.29, 0.717) is 31.1 Å². The van der Waals surface area contributed by atoms with Crippen LogP contribution in [0.25, 0.3) is 22.3 Å². The summed E-state index contributed by atoms with van der Waals surface area (Å²) in [5.41, 5.74) is 9.05. The molecule has 6 aromatic rings. The van der Waals surface area contributed by atoms with E-state index in [1.54, 1.807) is 67.6 Å². The summed E-state index contributed by atoms with van der Waals surface area (Å²) in [4.78, 5) is 28.1. The van der Waals surface area contributed by atoms with Gasteiger partial charge in [-0.1, -0.05) is 91.0 Å². The molecule has 64 heavy (non-hydrogen) atoms. The highest BCUT2D eigenvalue weighted by molar-refractivity contribution is 7.92. The van der Waals surface area contributed by atoms with Crippen molar-refractivity contribution >= 4 is 33.3 Å². The molecule has 1 fully saturated rings. The average Bonchev–Trinajstić information content (AvgIpc) is 3.27. The summed E-state index contributed by atoms with van der Waals surface area (Å²) in [6, 6.07) is 45.4. The third kappa shape index (κ3) is 12.3. The average molecular weight is 887 g/mol. The smallest absolute Gasteiger partial charge is 0.317 e. The number of likely N-dealkylation sites (N-methyl/N-ethyl adjacent to an activating group) is 1. The highest BCUT2D eigenvalue weighted by Crippen LogP contribution is 2.29. The highest BCUT2D eigenvalue weighted by Gasteiger charge is 2.32. The first-order chi connectivity index (χ1) is 30.6. The van der Waals surface area contributed by atoms with Gasteiger partial charge >= 0.3 is 11.9 Å². The maximum Gasteiger partial charge on any atom is 0.317 e. The lowest BCUT2D eigenvalue weighted by Gasteiger charge is -2.36. The standard InChI is InChI=1S/C26H29FN2O2.C25H26N2O5S/c1-19(2)29(25-14-12-24(27)13-15-25)17-21-6-10-23(11-7-21)22-8-4-20(5-9-22)16-28(3)18-26(30)31;1-26(22-4-3-5-23(14-22)32-2)33(30,31)24-12-10-20(11-13-24)19-8-6-18(7-9-19)15-27-16-21(17-27)25(28)29/h4-15,19H,16-18H2,1-3H3,(H,30,31);3-14,21H,15-17H2,1-2H3,(H,28,29). The van der Waals surface area contributed by atoms with E-state index in [1.807, 2.05) is 48.5 Å². The molecule has 0 atom stereocenters. The predicted molar refractivity (Wildman–Crippen MR) is 250 cm³/mol. The van der Waals surface area contributed by atoms with Crippen LogP contribution >= 0.6 is 0 Å². The van der Waals surface area contributed by atoms with Gasteiger partial charge in [0.15, 0.2) is 0 Å². The zero-order valence-corrected chi connectivity index (χ0v) is 37.6. The molecule has 0 saturated carbocycles. The molecule has 1 aliphatic heterocycles. The molecular weight excluding hydrogens is 832 g/mol. The Hall–Kier alpha value is -6.54. The number of benzene rings is 6. The lowest BCUT2D eigenvalue weighted by atomic mass is 9.99. The number of likely N-dealkylation sites (tertiary alicyclic amines) is 1. The first-order valence-corrected chi connectivity index (χ1v) is 22.4. The Kier molecular flexibility index (Phi) is 15.6. The van der Waals surface area contributed by atoms with Gasteiger partial charge in [-0.2, -0.15) is 0 Å². The van der Waals surface area contributed by atoms with Crippen molar-refractivity contribution in [3.05, 3.63) is 168 Å². The van der Waals surface area contributed by atoms with Crippen molar-refractivity contribution in [3.8, 4) is 28.0 Å². The van der Waals surface area contributed by atoms with E-state index in [2.05, 4.69) is 60.0 Å². The lowest BCUT2D eigenvalue weighted by Crippen LogP contribution is -2.49. The second kappa shape index (κ2) is 21.2. The van der Waals surface area contributed by atoms with Crippen LogP contribution in [0.4, 0.5) is 15.8 Å². The number of methoxy groups -OCH3 is 1. The Labute approximate surface area is 375 Å². The molecule has 13 heteroatoms. The summed E-state index contributed by atoms with van der Waals surface area (Å²) in [6.07, 6.45) is 0. The first-order valence-electron chi connectivity index (χ1n) is 21.0. The number of halogens is 1. The number of sulfonamides is 1. The van der Waals surface area contributed by atoms with Crippen molar-refractivity contribution in [1.82, 2.24) is 9.80 Å². The summed E-state index contributed by atoms with van der Waals surface area (Å²) in [7, 11) is 1.15. The fraction of sp³-hybridized carbons (Fsp3) is 0.255. The third-order valence-electron chi connectivity index (χ3n) is 11.2. The van der Waals surface area contributed by atoms with Crippen LogP contribution in [0.5, 0.6) is 5.75 Å². The number of aliphatic carboxylic acids is 2. The Bertz CT molecular complexity index is 2580. The van der Waals surface area contributed by atoms with E-state index in [9.17, 15) is 22.4 Å². The molecule has 6 aromatic carbocycles. The van der Waals surface area contributed by atoms with Gasteiger partial charge in [0.2, 0.25) is 0 Å². The van der Waals surface area contributed by atoms with Crippen LogP contribution < -0.4 is 13.9 Å². The number of nitrogens with zero attached hydrogens (tertiary/aromatic N) is 4. The van der Waals surface area contributed by atoms with Gasteiger partial charge in [-0.15, -0.1) is 0 Å². The Morgan fingerprint density at radius 1 is 0.703 bits per heavy atom. The van der Waals surface area contributed by atoms with E-state index in [1.165, 1.54) is 29.0 Å². The van der Waals surface area contributed by atoms with Crippen LogP contribution in [0.3, 0.4) is 0 Å². The number of hydrogen-bond acceptors (Lipinski definition) is 8. The molecule has 1 saturated heterocycles. The minimum absolute atomic E-state index is 0.0224. The number of carbonyl (C=O) groups is 2. The first kappa shape index (κ1) is 47.0. The SMILES string of the molecule is CC(C)N(Cc1ccc(-c2ccc(CN(C)CC(=O)O)cc2)cc1)c1ccc(F)cc1.COc1cccc(N(C)S(=O)(=O)c2ccc(-c3ccc(CN4CC(C(=O)O)C4)cc3)cc2)c1. The van der Waals surface area contributed by atoms with Gasteiger partial charge in [0.05, 0.1) is 30.2 Å². The minimum atomic E-state index is -3.71. The molecule has 0 bridgehead atoms. The Balaban J connectivity index is 0.000000213. The number of ether oxygens (including phenoxy) is 1. The van der Waals surface area contributed by atoms with E-state index < -0.39 is 22.0 Å². The number of carboxylic acid groups (broad SMARTS) is 2. The zero-order valence-electron chi connectivity index (χ0n) is 36.8. The van der Waals surface area contributed by atoms with E-state index in [4.69, 9.17) is 14.9 Å². The van der Waals surface area contributed by atoms with Crippen molar-refractivity contribution in [2.75, 3.05) is 50.0 Å². The van der Waals surface area contributed by atoms with Crippen LogP contribution in [-0.4, -0.2) is 87.3 Å². The molecule has 0 unspecified atom stereocenters. The van der Waals surface area contributed by atoms with Crippen molar-refractivity contribution in [2.45, 2.75) is 44.4 Å². The van der Waals surface area contributed by atoms with E-state index in [-0.39, 0.29) is 29.2 Å². The largest absolute Gasteiger partial charge is 0.497 e. The van der Waals surface area contributed by atoms with Crippen LogP contribution in [0.1, 0.15) is 30.5 Å². The molecule has 2 N–H and O–H groups in total. The second-order valence-electron chi connectivity index (χ2n) is 16.3. The third-order valence-corrected chi connectivity index (χ3v) is 13.0. The van der Waals surface area contributed by atoms with Gasteiger partial charge in [-0.05, 0) is 108 Å². The molecule has 0 spiro atoms. The molecule has 0 amide bonds. The number of carboxylic acids is 2. The number of anilines is 2. The van der Waals surface area contributed by atoms with E-state index in [0.717, 1.165) is 52.2 Å². The molecule has 0 aromatic heterocycles.